The smallest absolute Gasteiger partial charge is 0.269 e. The van der Waals surface area contributed by atoms with Gasteiger partial charge in [0.1, 0.15) is 0 Å². The lowest BCUT2D eigenvalue weighted by atomic mass is 10.2. The van der Waals surface area contributed by atoms with Crippen molar-refractivity contribution >= 4 is 33.4 Å². The highest BCUT2D eigenvalue weighted by Gasteiger charge is 2.22. The second kappa shape index (κ2) is 10.6. The van der Waals surface area contributed by atoms with Crippen LogP contribution in [0, 0.1) is 10.1 Å². The summed E-state index contributed by atoms with van der Waals surface area (Å²) in [4.78, 5) is 27.0. The highest BCUT2D eigenvalue weighted by molar-refractivity contribution is 7.89. The van der Waals surface area contributed by atoms with Crippen molar-refractivity contribution in [1.29, 1.82) is 0 Å². The largest absolute Gasteiger partial charge is 0.368 e. The van der Waals surface area contributed by atoms with E-state index < -0.39 is 14.9 Å². The van der Waals surface area contributed by atoms with E-state index in [1.165, 1.54) is 22.5 Å². The Kier molecular flexibility index (Phi) is 7.83. The molecule has 9 nitrogen and oxygen atoms in total. The summed E-state index contributed by atoms with van der Waals surface area (Å²) in [6.45, 7) is 6.77. The molecule has 0 spiro atoms. The van der Waals surface area contributed by atoms with Crippen LogP contribution >= 0.6 is 0 Å². The minimum Gasteiger partial charge on any atom is -0.368 e. The van der Waals surface area contributed by atoms with Crippen LogP contribution in [0.5, 0.6) is 0 Å². The highest BCUT2D eigenvalue weighted by atomic mass is 32.2. The first kappa shape index (κ1) is 24.4. The van der Waals surface area contributed by atoms with E-state index >= 15 is 0 Å². The number of nitrogens with zero attached hydrogens (tertiary/aromatic N) is 4. The number of benzene rings is 2. The number of anilines is 1. The molecule has 3 rings (SSSR count). The maximum Gasteiger partial charge on any atom is 0.269 e. The molecule has 1 saturated heterocycles. The van der Waals surface area contributed by atoms with Crippen molar-refractivity contribution in [2.24, 2.45) is 0 Å². The molecule has 1 aliphatic heterocycles. The number of nitro groups is 1. The number of nitro benzene ring substituents is 1. The van der Waals surface area contributed by atoms with E-state index in [1.54, 1.807) is 61.2 Å². The fourth-order valence-corrected chi connectivity index (χ4v) is 5.16. The number of piperazine rings is 1. The summed E-state index contributed by atoms with van der Waals surface area (Å²) in [5, 5.41) is 10.8. The van der Waals surface area contributed by atoms with Gasteiger partial charge < -0.3 is 9.80 Å². The molecule has 0 radical (unpaired) electrons. The molecule has 0 atom stereocenters. The summed E-state index contributed by atoms with van der Waals surface area (Å²) in [6, 6.07) is 12.9. The van der Waals surface area contributed by atoms with Gasteiger partial charge in [0, 0.05) is 63.2 Å². The van der Waals surface area contributed by atoms with E-state index in [-0.39, 0.29) is 16.5 Å². The van der Waals surface area contributed by atoms with Crippen LogP contribution in [0.4, 0.5) is 11.4 Å². The third-order valence-electron chi connectivity index (χ3n) is 5.66. The Morgan fingerprint density at radius 1 is 1.00 bits per heavy atom. The molecular weight excluding hydrogens is 444 g/mol. The van der Waals surface area contributed by atoms with Gasteiger partial charge in [0.2, 0.25) is 15.9 Å². The van der Waals surface area contributed by atoms with E-state index in [2.05, 4.69) is 4.90 Å². The van der Waals surface area contributed by atoms with Crippen LogP contribution in [-0.4, -0.2) is 67.7 Å². The lowest BCUT2D eigenvalue weighted by molar-refractivity contribution is -0.384. The van der Waals surface area contributed by atoms with Gasteiger partial charge in [0.25, 0.3) is 5.69 Å². The van der Waals surface area contributed by atoms with Gasteiger partial charge in [0.15, 0.2) is 0 Å². The molecule has 1 heterocycles. The number of amides is 1. The summed E-state index contributed by atoms with van der Waals surface area (Å²) >= 11 is 0. The molecule has 1 aliphatic rings. The zero-order valence-electron chi connectivity index (χ0n) is 18.8. The lowest BCUT2D eigenvalue weighted by Gasteiger charge is -2.35. The summed E-state index contributed by atoms with van der Waals surface area (Å²) in [6.07, 6.45) is 3.17. The second-order valence-corrected chi connectivity index (χ2v) is 9.52. The first-order chi connectivity index (χ1) is 15.8. The van der Waals surface area contributed by atoms with Gasteiger partial charge in [-0.3, -0.25) is 14.9 Å². The standard InChI is InChI=1S/C23H28N4O5S/c1-3-26(4-2)33(31,32)22-12-5-19(6-13-22)7-14-23(28)25-17-15-24(16-18-25)20-8-10-21(11-9-20)27(29)30/h5-14H,3-4,15-18H2,1-2H3/b14-7+. The van der Waals surface area contributed by atoms with E-state index in [1.807, 2.05) is 0 Å². The monoisotopic (exact) mass is 472 g/mol. The van der Waals surface area contributed by atoms with Gasteiger partial charge in [-0.1, -0.05) is 26.0 Å². The SMILES string of the molecule is CCN(CC)S(=O)(=O)c1ccc(/C=C/C(=O)N2CCN(c3ccc([N+](=O)[O-])cc3)CC2)cc1. The van der Waals surface area contributed by atoms with Crippen LogP contribution in [0.15, 0.2) is 59.5 Å². The molecule has 176 valence electrons. The molecule has 2 aromatic rings. The molecule has 0 saturated carbocycles. The Labute approximate surface area is 194 Å². The highest BCUT2D eigenvalue weighted by Crippen LogP contribution is 2.21. The summed E-state index contributed by atoms with van der Waals surface area (Å²) < 4.78 is 26.5. The van der Waals surface area contributed by atoms with Gasteiger partial charge in [-0.05, 0) is 35.9 Å². The molecule has 0 aliphatic carbocycles. The topological polar surface area (TPSA) is 104 Å². The molecule has 1 fully saturated rings. The number of sulfonamides is 1. The molecular formula is C23H28N4O5S. The van der Waals surface area contributed by atoms with Crippen molar-refractivity contribution in [2.45, 2.75) is 18.7 Å². The van der Waals surface area contributed by atoms with Crippen molar-refractivity contribution in [3.8, 4) is 0 Å². The number of hydrogen-bond acceptors (Lipinski definition) is 6. The third kappa shape index (κ3) is 5.77. The third-order valence-corrected chi connectivity index (χ3v) is 7.72. The molecule has 1 amide bonds. The number of carbonyl (C=O) groups excluding carboxylic acids is 1. The Morgan fingerprint density at radius 2 is 1.58 bits per heavy atom. The first-order valence-electron chi connectivity index (χ1n) is 10.8. The van der Waals surface area contributed by atoms with Gasteiger partial charge in [0.05, 0.1) is 9.82 Å². The number of non-ortho nitro benzene ring substituents is 1. The van der Waals surface area contributed by atoms with Gasteiger partial charge in [-0.25, -0.2) is 8.42 Å². The molecule has 0 unspecified atom stereocenters. The van der Waals surface area contributed by atoms with Crippen molar-refractivity contribution < 1.29 is 18.1 Å². The zero-order chi connectivity index (χ0) is 24.0. The van der Waals surface area contributed by atoms with Crippen LogP contribution in [0.25, 0.3) is 6.08 Å². The summed E-state index contributed by atoms with van der Waals surface area (Å²) in [5.41, 5.74) is 1.69. The molecule has 0 bridgehead atoms. The summed E-state index contributed by atoms with van der Waals surface area (Å²) in [7, 11) is -3.51. The van der Waals surface area contributed by atoms with Crippen LogP contribution in [0.2, 0.25) is 0 Å². The van der Waals surface area contributed by atoms with E-state index in [9.17, 15) is 23.3 Å². The molecule has 0 aromatic heterocycles. The van der Waals surface area contributed by atoms with E-state index in [0.29, 0.717) is 39.3 Å². The van der Waals surface area contributed by atoms with Crippen LogP contribution < -0.4 is 4.90 Å². The number of hydrogen-bond donors (Lipinski definition) is 0. The van der Waals surface area contributed by atoms with Gasteiger partial charge >= 0.3 is 0 Å². The zero-order valence-corrected chi connectivity index (χ0v) is 19.6. The Hall–Kier alpha value is -3.24. The maximum absolute atomic E-state index is 12.6. The van der Waals surface area contributed by atoms with E-state index in [0.717, 1.165) is 11.3 Å². The predicted octanol–water partition coefficient (Wildman–Crippen LogP) is 2.99. The fourth-order valence-electron chi connectivity index (χ4n) is 3.71. The molecule has 2 aromatic carbocycles. The quantitative estimate of drug-likeness (QED) is 0.332. The average Bonchev–Trinajstić information content (AvgIpc) is 2.83. The number of carbonyl (C=O) groups is 1. The predicted molar refractivity (Wildman–Crippen MR) is 127 cm³/mol. The van der Waals surface area contributed by atoms with Crippen LogP contribution in [0.3, 0.4) is 0 Å². The van der Waals surface area contributed by atoms with Crippen LogP contribution in [0.1, 0.15) is 19.4 Å². The van der Waals surface area contributed by atoms with Crippen molar-refractivity contribution in [1.82, 2.24) is 9.21 Å². The van der Waals surface area contributed by atoms with Crippen molar-refractivity contribution in [2.75, 3.05) is 44.2 Å². The van der Waals surface area contributed by atoms with Crippen molar-refractivity contribution in [3.05, 3.63) is 70.3 Å². The average molecular weight is 473 g/mol. The maximum atomic E-state index is 12.6. The van der Waals surface area contributed by atoms with Crippen LogP contribution in [-0.2, 0) is 14.8 Å². The van der Waals surface area contributed by atoms with Gasteiger partial charge in [-0.15, -0.1) is 0 Å². The fraction of sp³-hybridized carbons (Fsp3) is 0.348. The lowest BCUT2D eigenvalue weighted by Crippen LogP contribution is -2.48. The second-order valence-electron chi connectivity index (χ2n) is 7.58. The first-order valence-corrected chi connectivity index (χ1v) is 12.3. The van der Waals surface area contributed by atoms with Crippen molar-refractivity contribution in [3.63, 3.8) is 0 Å². The number of rotatable bonds is 8. The molecule has 33 heavy (non-hydrogen) atoms. The molecule has 0 N–H and O–H groups in total. The minimum atomic E-state index is -3.51. The molecule has 10 heteroatoms. The summed E-state index contributed by atoms with van der Waals surface area (Å²) in [5.74, 6) is -0.113. The minimum absolute atomic E-state index is 0.0522. The Bertz CT molecular complexity index is 1100. The van der Waals surface area contributed by atoms with E-state index in [4.69, 9.17) is 0 Å². The Morgan fingerprint density at radius 3 is 2.09 bits per heavy atom. The van der Waals surface area contributed by atoms with Gasteiger partial charge in [-0.2, -0.15) is 4.31 Å². The Balaban J connectivity index is 1.56. The normalized spacial score (nSPS) is 14.8.